The summed E-state index contributed by atoms with van der Waals surface area (Å²) in [6.07, 6.45) is 2.58. The predicted octanol–water partition coefficient (Wildman–Crippen LogP) is 4.47. The molecule has 0 aliphatic rings. The van der Waals surface area contributed by atoms with Gasteiger partial charge in [0.25, 0.3) is 0 Å². The number of nitrogens with one attached hydrogen (secondary N) is 1. The van der Waals surface area contributed by atoms with Gasteiger partial charge in [0, 0.05) is 12.0 Å². The molecule has 4 rings (SSSR count). The highest BCUT2D eigenvalue weighted by molar-refractivity contribution is 6.32. The number of aryl methyl sites for hydroxylation is 1. The fourth-order valence-electron chi connectivity index (χ4n) is 3.49. The Bertz CT molecular complexity index is 1190. The first kappa shape index (κ1) is 20.7. The molecular weight excluding hydrogens is 416 g/mol. The van der Waals surface area contributed by atoms with E-state index in [4.69, 9.17) is 11.6 Å². The fraction of sp³-hybridized carbons (Fsp3) is 0.227. The summed E-state index contributed by atoms with van der Waals surface area (Å²) < 4.78 is 1.78. The number of aromatic amines is 1. The van der Waals surface area contributed by atoms with Gasteiger partial charge in [-0.25, -0.2) is 14.9 Å². The second kappa shape index (κ2) is 9.09. The van der Waals surface area contributed by atoms with Crippen LogP contribution in [0, 0.1) is 0 Å². The van der Waals surface area contributed by atoms with Gasteiger partial charge in [-0.15, -0.1) is 5.10 Å². The summed E-state index contributed by atoms with van der Waals surface area (Å²) >= 11 is 6.36. The lowest BCUT2D eigenvalue weighted by molar-refractivity contribution is 0.0691. The molecule has 0 bridgehead atoms. The van der Waals surface area contributed by atoms with Crippen LogP contribution in [0.3, 0.4) is 0 Å². The van der Waals surface area contributed by atoms with Crippen LogP contribution in [0.15, 0.2) is 48.5 Å². The number of halogens is 1. The molecule has 0 amide bonds. The van der Waals surface area contributed by atoms with Gasteiger partial charge in [0.2, 0.25) is 0 Å². The van der Waals surface area contributed by atoms with E-state index in [9.17, 15) is 9.90 Å². The van der Waals surface area contributed by atoms with Crippen molar-refractivity contribution in [3.63, 3.8) is 0 Å². The van der Waals surface area contributed by atoms with Crippen molar-refractivity contribution >= 4 is 17.6 Å². The van der Waals surface area contributed by atoms with Crippen LogP contribution in [-0.2, 0) is 13.0 Å². The first-order chi connectivity index (χ1) is 15.1. The molecule has 0 aliphatic heterocycles. The molecule has 9 heteroatoms. The number of H-pyrrole nitrogens is 1. The van der Waals surface area contributed by atoms with Gasteiger partial charge in [0.15, 0.2) is 11.5 Å². The Labute approximate surface area is 183 Å². The van der Waals surface area contributed by atoms with Crippen LogP contribution in [-0.4, -0.2) is 41.3 Å². The highest BCUT2D eigenvalue weighted by Crippen LogP contribution is 2.30. The largest absolute Gasteiger partial charge is 0.476 e. The molecule has 0 spiro atoms. The standard InChI is InChI=1S/C22H21ClN6O2/c1-2-3-8-18-24-19(22(30)31)20(23)29(18)13-14-9-11-15(12-10-14)16-6-4-5-7-17(16)21-25-27-28-26-21/h4-7,9-12H,2-3,8,13H2,1H3,(H,30,31)(H,25,26,27,28). The van der Waals surface area contributed by atoms with Crippen LogP contribution in [0.2, 0.25) is 5.15 Å². The molecule has 2 heterocycles. The van der Waals surface area contributed by atoms with Crippen LogP contribution in [0.25, 0.3) is 22.5 Å². The van der Waals surface area contributed by atoms with E-state index in [1.807, 2.05) is 48.5 Å². The van der Waals surface area contributed by atoms with Crippen LogP contribution in [0.5, 0.6) is 0 Å². The maximum absolute atomic E-state index is 11.5. The van der Waals surface area contributed by atoms with Crippen molar-refractivity contribution in [3.8, 4) is 22.5 Å². The first-order valence-electron chi connectivity index (χ1n) is 9.99. The Hall–Kier alpha value is -3.52. The molecule has 0 atom stereocenters. The second-order valence-corrected chi connectivity index (χ2v) is 7.51. The Morgan fingerprint density at radius 1 is 1.13 bits per heavy atom. The number of nitrogens with zero attached hydrogens (tertiary/aromatic N) is 5. The van der Waals surface area contributed by atoms with Crippen LogP contribution < -0.4 is 0 Å². The molecule has 2 N–H and O–H groups in total. The van der Waals surface area contributed by atoms with E-state index in [2.05, 4.69) is 32.5 Å². The summed E-state index contributed by atoms with van der Waals surface area (Å²) in [4.78, 5) is 15.7. The zero-order valence-corrected chi connectivity index (χ0v) is 17.7. The SMILES string of the molecule is CCCCc1nc(C(=O)O)c(Cl)n1Cc1ccc(-c2ccccc2-c2nnn[nH]2)cc1. The molecule has 4 aromatic rings. The van der Waals surface area contributed by atoms with Crippen LogP contribution in [0.1, 0.15) is 41.6 Å². The fourth-order valence-corrected chi connectivity index (χ4v) is 3.77. The molecule has 0 radical (unpaired) electrons. The van der Waals surface area contributed by atoms with Gasteiger partial charge in [-0.1, -0.05) is 73.5 Å². The Balaban J connectivity index is 1.63. The molecule has 2 aromatic carbocycles. The summed E-state index contributed by atoms with van der Waals surface area (Å²) in [5, 5.41) is 23.7. The van der Waals surface area contributed by atoms with Crippen molar-refractivity contribution in [3.05, 3.63) is 70.8 Å². The summed E-state index contributed by atoms with van der Waals surface area (Å²) in [5.41, 5.74) is 3.83. The normalized spacial score (nSPS) is 11.0. The predicted molar refractivity (Wildman–Crippen MR) is 117 cm³/mol. The smallest absolute Gasteiger partial charge is 0.357 e. The van der Waals surface area contributed by atoms with E-state index < -0.39 is 5.97 Å². The Morgan fingerprint density at radius 2 is 1.87 bits per heavy atom. The average Bonchev–Trinajstić information content (AvgIpc) is 3.42. The van der Waals surface area contributed by atoms with Gasteiger partial charge in [-0.05, 0) is 33.5 Å². The van der Waals surface area contributed by atoms with E-state index in [0.29, 0.717) is 24.6 Å². The number of carbonyl (C=O) groups is 1. The molecule has 0 fully saturated rings. The minimum absolute atomic E-state index is 0.0982. The number of carboxylic acids is 1. The number of hydrogen-bond acceptors (Lipinski definition) is 5. The monoisotopic (exact) mass is 436 g/mol. The molecular formula is C22H21ClN6O2. The molecule has 31 heavy (non-hydrogen) atoms. The highest BCUT2D eigenvalue weighted by atomic mass is 35.5. The summed E-state index contributed by atoms with van der Waals surface area (Å²) in [6.45, 7) is 2.53. The number of imidazole rings is 1. The van der Waals surface area contributed by atoms with Gasteiger partial charge >= 0.3 is 5.97 Å². The van der Waals surface area contributed by atoms with Crippen LogP contribution in [0.4, 0.5) is 0 Å². The molecule has 8 nitrogen and oxygen atoms in total. The second-order valence-electron chi connectivity index (χ2n) is 7.15. The molecule has 0 saturated carbocycles. The molecule has 158 valence electrons. The van der Waals surface area contributed by atoms with Gasteiger partial charge in [0.05, 0.1) is 6.54 Å². The Morgan fingerprint density at radius 3 is 2.52 bits per heavy atom. The third-order valence-corrected chi connectivity index (χ3v) is 5.46. The topological polar surface area (TPSA) is 110 Å². The molecule has 0 saturated heterocycles. The number of unbranched alkanes of at least 4 members (excludes halogenated alkanes) is 1. The summed E-state index contributed by atoms with van der Waals surface area (Å²) in [5.74, 6) is 0.179. The number of carboxylic acid groups (broad SMARTS) is 1. The first-order valence-corrected chi connectivity index (χ1v) is 10.4. The average molecular weight is 437 g/mol. The van der Waals surface area contributed by atoms with E-state index in [-0.39, 0.29) is 10.8 Å². The van der Waals surface area contributed by atoms with Crippen molar-refractivity contribution < 1.29 is 9.90 Å². The number of aromatic nitrogens is 6. The molecule has 0 unspecified atom stereocenters. The van der Waals surface area contributed by atoms with Gasteiger partial charge in [-0.3, -0.25) is 0 Å². The number of benzene rings is 2. The van der Waals surface area contributed by atoms with Crippen molar-refractivity contribution in [2.75, 3.05) is 0 Å². The maximum atomic E-state index is 11.5. The van der Waals surface area contributed by atoms with Gasteiger partial charge < -0.3 is 9.67 Å². The third kappa shape index (κ3) is 4.34. The quantitative estimate of drug-likeness (QED) is 0.421. The lowest BCUT2D eigenvalue weighted by atomic mass is 9.98. The van der Waals surface area contributed by atoms with Crippen molar-refractivity contribution in [2.24, 2.45) is 0 Å². The van der Waals surface area contributed by atoms with Gasteiger partial charge in [0.1, 0.15) is 11.0 Å². The molecule has 2 aromatic heterocycles. The lowest BCUT2D eigenvalue weighted by Gasteiger charge is -2.11. The lowest BCUT2D eigenvalue weighted by Crippen LogP contribution is -2.06. The summed E-state index contributed by atoms with van der Waals surface area (Å²) in [7, 11) is 0. The van der Waals surface area contributed by atoms with Crippen molar-refractivity contribution in [1.82, 2.24) is 30.2 Å². The van der Waals surface area contributed by atoms with E-state index in [0.717, 1.165) is 35.1 Å². The number of aromatic carboxylic acids is 1. The number of hydrogen-bond donors (Lipinski definition) is 2. The van der Waals surface area contributed by atoms with Crippen molar-refractivity contribution in [1.29, 1.82) is 0 Å². The third-order valence-electron chi connectivity index (χ3n) is 5.07. The zero-order valence-electron chi connectivity index (χ0n) is 16.9. The number of tetrazole rings is 1. The maximum Gasteiger partial charge on any atom is 0.357 e. The van der Waals surface area contributed by atoms with Gasteiger partial charge in [-0.2, -0.15) is 0 Å². The minimum atomic E-state index is -1.12. The Kier molecular flexibility index (Phi) is 6.08. The highest BCUT2D eigenvalue weighted by Gasteiger charge is 2.20. The summed E-state index contributed by atoms with van der Waals surface area (Å²) in [6, 6.07) is 15.9. The van der Waals surface area contributed by atoms with Crippen LogP contribution >= 0.6 is 11.6 Å². The van der Waals surface area contributed by atoms with E-state index in [1.54, 1.807) is 4.57 Å². The van der Waals surface area contributed by atoms with E-state index in [1.165, 1.54) is 0 Å². The number of rotatable bonds is 8. The zero-order chi connectivity index (χ0) is 21.8. The molecule has 0 aliphatic carbocycles. The van der Waals surface area contributed by atoms with E-state index >= 15 is 0 Å². The van der Waals surface area contributed by atoms with Crippen molar-refractivity contribution in [2.45, 2.75) is 32.7 Å². The minimum Gasteiger partial charge on any atom is -0.476 e.